The van der Waals surface area contributed by atoms with E-state index in [4.69, 9.17) is 4.74 Å². The van der Waals surface area contributed by atoms with Crippen LogP contribution in [-0.4, -0.2) is 37.6 Å². The Labute approximate surface area is 132 Å². The van der Waals surface area contributed by atoms with Crippen molar-refractivity contribution < 1.29 is 9.53 Å². The Kier molecular flexibility index (Phi) is 7.24. The molecule has 1 unspecified atom stereocenters. The summed E-state index contributed by atoms with van der Waals surface area (Å²) in [5.41, 5.74) is 0. The van der Waals surface area contributed by atoms with Crippen LogP contribution in [0.15, 0.2) is 17.5 Å². The number of amides is 1. The first kappa shape index (κ1) is 16.5. The molecule has 0 aliphatic carbocycles. The summed E-state index contributed by atoms with van der Waals surface area (Å²) in [5.74, 6) is 1.03. The van der Waals surface area contributed by atoms with Crippen LogP contribution in [0.1, 0.15) is 43.4 Å². The van der Waals surface area contributed by atoms with Gasteiger partial charge in [-0.25, -0.2) is 0 Å². The van der Waals surface area contributed by atoms with Gasteiger partial charge in [0.05, 0.1) is 0 Å². The van der Waals surface area contributed by atoms with Gasteiger partial charge in [-0.05, 0) is 55.9 Å². The minimum Gasteiger partial charge on any atom is -0.385 e. The molecule has 1 aliphatic heterocycles. The monoisotopic (exact) mass is 309 g/mol. The normalized spacial score (nSPS) is 18.9. The number of carbonyl (C=O) groups is 1. The number of carbonyl (C=O) groups excluding carboxylic acids is 1. The van der Waals surface area contributed by atoms with E-state index >= 15 is 0 Å². The Morgan fingerprint density at radius 3 is 3.14 bits per heavy atom. The predicted molar refractivity (Wildman–Crippen MR) is 87.7 cm³/mol. The van der Waals surface area contributed by atoms with Crippen molar-refractivity contribution in [2.75, 3.05) is 26.8 Å². The van der Waals surface area contributed by atoms with Crippen molar-refractivity contribution in [3.8, 4) is 0 Å². The molecule has 1 aromatic heterocycles. The van der Waals surface area contributed by atoms with Crippen LogP contribution in [0.3, 0.4) is 0 Å². The van der Waals surface area contributed by atoms with Gasteiger partial charge in [0, 0.05) is 38.1 Å². The third-order valence-corrected chi connectivity index (χ3v) is 5.16. The quantitative estimate of drug-likeness (QED) is 0.685. The van der Waals surface area contributed by atoms with Gasteiger partial charge in [-0.2, -0.15) is 0 Å². The Morgan fingerprint density at radius 1 is 1.48 bits per heavy atom. The van der Waals surface area contributed by atoms with E-state index in [0.717, 1.165) is 45.4 Å². The molecule has 0 spiro atoms. The minimum absolute atomic E-state index is 0.350. The number of rotatable bonds is 8. The second-order valence-electron chi connectivity index (χ2n) is 5.92. The maximum Gasteiger partial charge on any atom is 0.222 e. The van der Waals surface area contributed by atoms with Gasteiger partial charge in [-0.1, -0.05) is 6.07 Å². The summed E-state index contributed by atoms with van der Waals surface area (Å²) < 4.78 is 5.12. The number of thiophene rings is 1. The zero-order valence-corrected chi connectivity index (χ0v) is 13.9. The second kappa shape index (κ2) is 9.21. The minimum atomic E-state index is 0.350. The fraction of sp³-hybridized carbons (Fsp3) is 0.706. The molecular formula is C17H27NO2S. The molecule has 1 fully saturated rings. The molecule has 0 bridgehead atoms. The van der Waals surface area contributed by atoms with Crippen molar-refractivity contribution >= 4 is 17.2 Å². The Morgan fingerprint density at radius 2 is 2.38 bits per heavy atom. The largest absolute Gasteiger partial charge is 0.385 e. The lowest BCUT2D eigenvalue weighted by molar-refractivity contribution is -0.133. The van der Waals surface area contributed by atoms with E-state index in [1.54, 1.807) is 18.4 Å². The molecule has 1 aromatic rings. The lowest BCUT2D eigenvalue weighted by Gasteiger charge is -2.33. The molecule has 0 aromatic carbocycles. The molecule has 0 saturated carbocycles. The van der Waals surface area contributed by atoms with Gasteiger partial charge in [-0.15, -0.1) is 11.3 Å². The summed E-state index contributed by atoms with van der Waals surface area (Å²) in [5, 5.41) is 2.10. The van der Waals surface area contributed by atoms with Crippen LogP contribution in [0.4, 0.5) is 0 Å². The van der Waals surface area contributed by atoms with Crippen molar-refractivity contribution in [1.82, 2.24) is 4.90 Å². The van der Waals surface area contributed by atoms with E-state index in [-0.39, 0.29) is 0 Å². The van der Waals surface area contributed by atoms with Crippen molar-refractivity contribution in [3.63, 3.8) is 0 Å². The molecule has 21 heavy (non-hydrogen) atoms. The SMILES string of the molecule is COCCCC1CCCN(C(=O)CCCc2cccs2)C1. The van der Waals surface area contributed by atoms with E-state index in [2.05, 4.69) is 22.4 Å². The number of piperidine rings is 1. The van der Waals surface area contributed by atoms with Crippen LogP contribution in [0.25, 0.3) is 0 Å². The van der Waals surface area contributed by atoms with E-state index in [1.807, 2.05) is 0 Å². The van der Waals surface area contributed by atoms with E-state index in [1.165, 1.54) is 17.7 Å². The molecule has 1 saturated heterocycles. The van der Waals surface area contributed by atoms with E-state index in [0.29, 0.717) is 18.2 Å². The highest BCUT2D eigenvalue weighted by molar-refractivity contribution is 7.09. The highest BCUT2D eigenvalue weighted by Crippen LogP contribution is 2.22. The molecule has 0 radical (unpaired) electrons. The molecule has 1 atom stereocenters. The number of nitrogens with zero attached hydrogens (tertiary/aromatic N) is 1. The summed E-state index contributed by atoms with van der Waals surface area (Å²) in [7, 11) is 1.75. The highest BCUT2D eigenvalue weighted by Gasteiger charge is 2.22. The summed E-state index contributed by atoms with van der Waals surface area (Å²) in [4.78, 5) is 15.8. The molecule has 1 aliphatic rings. The average Bonchev–Trinajstić information content (AvgIpc) is 3.01. The van der Waals surface area contributed by atoms with Crippen LogP contribution in [-0.2, 0) is 16.0 Å². The number of hydrogen-bond acceptors (Lipinski definition) is 3. The fourth-order valence-corrected chi connectivity index (χ4v) is 3.82. The van der Waals surface area contributed by atoms with Crippen molar-refractivity contribution in [3.05, 3.63) is 22.4 Å². The van der Waals surface area contributed by atoms with Crippen LogP contribution >= 0.6 is 11.3 Å². The maximum atomic E-state index is 12.3. The summed E-state index contributed by atoms with van der Waals surface area (Å²) >= 11 is 1.79. The first-order chi connectivity index (χ1) is 10.3. The lowest BCUT2D eigenvalue weighted by Crippen LogP contribution is -2.39. The first-order valence-electron chi connectivity index (χ1n) is 8.08. The molecule has 2 rings (SSSR count). The Balaban J connectivity index is 1.66. The predicted octanol–water partition coefficient (Wildman–Crippen LogP) is 3.74. The highest BCUT2D eigenvalue weighted by atomic mass is 32.1. The number of methoxy groups -OCH3 is 1. The number of likely N-dealkylation sites (tertiary alicyclic amines) is 1. The summed E-state index contributed by atoms with van der Waals surface area (Å²) in [6, 6.07) is 4.24. The third-order valence-electron chi connectivity index (χ3n) is 4.23. The average molecular weight is 309 g/mol. The van der Waals surface area contributed by atoms with Gasteiger partial charge in [0.2, 0.25) is 5.91 Å². The van der Waals surface area contributed by atoms with Gasteiger partial charge >= 0.3 is 0 Å². The van der Waals surface area contributed by atoms with Crippen molar-refractivity contribution in [2.24, 2.45) is 5.92 Å². The van der Waals surface area contributed by atoms with E-state index in [9.17, 15) is 4.79 Å². The molecule has 2 heterocycles. The molecule has 4 heteroatoms. The zero-order chi connectivity index (χ0) is 14.9. The van der Waals surface area contributed by atoms with Gasteiger partial charge in [-0.3, -0.25) is 4.79 Å². The van der Waals surface area contributed by atoms with Gasteiger partial charge in [0.15, 0.2) is 0 Å². The number of aryl methyl sites for hydroxylation is 1. The molecule has 118 valence electrons. The second-order valence-corrected chi connectivity index (χ2v) is 6.95. The Hall–Kier alpha value is -0.870. The molecule has 1 amide bonds. The van der Waals surface area contributed by atoms with Gasteiger partial charge in [0.25, 0.3) is 0 Å². The van der Waals surface area contributed by atoms with Crippen LogP contribution < -0.4 is 0 Å². The molecule has 0 N–H and O–H groups in total. The smallest absolute Gasteiger partial charge is 0.222 e. The van der Waals surface area contributed by atoms with Crippen LogP contribution in [0, 0.1) is 5.92 Å². The maximum absolute atomic E-state index is 12.3. The lowest BCUT2D eigenvalue weighted by atomic mass is 9.93. The van der Waals surface area contributed by atoms with Crippen molar-refractivity contribution in [2.45, 2.75) is 44.9 Å². The van der Waals surface area contributed by atoms with Crippen molar-refractivity contribution in [1.29, 1.82) is 0 Å². The summed E-state index contributed by atoms with van der Waals surface area (Å²) in [6.07, 6.45) is 7.44. The third kappa shape index (κ3) is 5.79. The fourth-order valence-electron chi connectivity index (χ4n) is 3.07. The number of hydrogen-bond donors (Lipinski definition) is 0. The number of ether oxygens (including phenoxy) is 1. The summed E-state index contributed by atoms with van der Waals surface area (Å²) in [6.45, 7) is 2.76. The Bertz CT molecular complexity index is 405. The first-order valence-corrected chi connectivity index (χ1v) is 8.96. The van der Waals surface area contributed by atoms with E-state index < -0.39 is 0 Å². The van der Waals surface area contributed by atoms with Gasteiger partial charge in [0.1, 0.15) is 0 Å². The molecular weight excluding hydrogens is 282 g/mol. The zero-order valence-electron chi connectivity index (χ0n) is 13.1. The van der Waals surface area contributed by atoms with Gasteiger partial charge < -0.3 is 9.64 Å². The molecule has 3 nitrogen and oxygen atoms in total. The topological polar surface area (TPSA) is 29.5 Å². The van der Waals surface area contributed by atoms with Crippen LogP contribution in [0.2, 0.25) is 0 Å². The standard InChI is InChI=1S/C17H27NO2S/c1-20-12-4-7-15-6-3-11-18(14-15)17(19)10-2-8-16-9-5-13-21-16/h5,9,13,15H,2-4,6-8,10-12,14H2,1H3. The van der Waals surface area contributed by atoms with Crippen LogP contribution in [0.5, 0.6) is 0 Å².